The molecule has 0 saturated heterocycles. The highest BCUT2D eigenvalue weighted by Crippen LogP contribution is 2.30. The predicted octanol–water partition coefficient (Wildman–Crippen LogP) is 6.92. The van der Waals surface area contributed by atoms with E-state index in [2.05, 4.69) is 19.2 Å². The van der Waals surface area contributed by atoms with Crippen molar-refractivity contribution in [2.75, 3.05) is 5.32 Å². The van der Waals surface area contributed by atoms with Gasteiger partial charge >= 0.3 is 0 Å². The maximum Gasteiger partial charge on any atom is 0.266 e. The number of hydrogen-bond acceptors (Lipinski definition) is 3. The van der Waals surface area contributed by atoms with Crippen LogP contribution in [0.1, 0.15) is 31.1 Å². The average Bonchev–Trinajstić information content (AvgIpc) is 3.17. The van der Waals surface area contributed by atoms with Gasteiger partial charge in [-0.1, -0.05) is 49.2 Å². The first-order valence-corrected chi connectivity index (χ1v) is 9.71. The van der Waals surface area contributed by atoms with E-state index in [4.69, 9.17) is 27.6 Å². The van der Waals surface area contributed by atoms with Crippen molar-refractivity contribution in [2.45, 2.75) is 19.8 Å². The quantitative estimate of drug-likeness (QED) is 0.356. The molecule has 1 aromatic heterocycles. The van der Waals surface area contributed by atoms with Crippen molar-refractivity contribution >= 4 is 40.9 Å². The van der Waals surface area contributed by atoms with Crippen molar-refractivity contribution in [3.05, 3.63) is 81.5 Å². The lowest BCUT2D eigenvalue weighted by molar-refractivity contribution is -0.112. The summed E-state index contributed by atoms with van der Waals surface area (Å²) < 4.78 is 5.73. The molecule has 0 aliphatic carbocycles. The molecule has 0 atom stereocenters. The molecule has 4 nitrogen and oxygen atoms in total. The van der Waals surface area contributed by atoms with Crippen molar-refractivity contribution in [3.63, 3.8) is 0 Å². The van der Waals surface area contributed by atoms with Gasteiger partial charge in [0, 0.05) is 17.3 Å². The summed E-state index contributed by atoms with van der Waals surface area (Å²) in [5.41, 5.74) is 2.47. The standard InChI is InChI=1S/C23H18Cl2N2O2/c1-14(2)15-3-6-18(7-4-15)27-23(28)17(13-26)11-19-8-10-22(29-19)16-5-9-20(24)21(25)12-16/h3-12,14H,1-2H3,(H,27,28)/b17-11+. The van der Waals surface area contributed by atoms with Crippen LogP contribution in [0.4, 0.5) is 5.69 Å². The van der Waals surface area contributed by atoms with Gasteiger partial charge in [-0.25, -0.2) is 0 Å². The second-order valence-corrected chi connectivity index (χ2v) is 7.55. The van der Waals surface area contributed by atoms with Crippen molar-refractivity contribution in [3.8, 4) is 17.4 Å². The van der Waals surface area contributed by atoms with Gasteiger partial charge in [-0.15, -0.1) is 0 Å². The Morgan fingerprint density at radius 2 is 1.79 bits per heavy atom. The normalized spacial score (nSPS) is 11.4. The minimum Gasteiger partial charge on any atom is -0.457 e. The zero-order valence-electron chi connectivity index (χ0n) is 15.9. The average molecular weight is 425 g/mol. The number of benzene rings is 2. The largest absolute Gasteiger partial charge is 0.457 e. The number of nitrogens with zero attached hydrogens (tertiary/aromatic N) is 1. The van der Waals surface area contributed by atoms with Crippen LogP contribution >= 0.6 is 23.2 Å². The maximum atomic E-state index is 12.5. The molecule has 1 heterocycles. The van der Waals surface area contributed by atoms with Crippen LogP contribution in [0.5, 0.6) is 0 Å². The summed E-state index contributed by atoms with van der Waals surface area (Å²) in [4.78, 5) is 12.5. The second-order valence-electron chi connectivity index (χ2n) is 6.73. The SMILES string of the molecule is CC(C)c1ccc(NC(=O)/C(C#N)=C/c2ccc(-c3ccc(Cl)c(Cl)c3)o2)cc1. The molecule has 6 heteroatoms. The van der Waals surface area contributed by atoms with E-state index >= 15 is 0 Å². The number of nitriles is 1. The molecule has 0 aliphatic rings. The van der Waals surface area contributed by atoms with Gasteiger partial charge in [0.1, 0.15) is 23.2 Å². The summed E-state index contributed by atoms with van der Waals surface area (Å²) in [6.07, 6.45) is 1.40. The third kappa shape index (κ3) is 5.08. The number of nitrogens with one attached hydrogen (secondary N) is 1. The van der Waals surface area contributed by atoms with E-state index in [0.717, 1.165) is 5.56 Å². The summed E-state index contributed by atoms with van der Waals surface area (Å²) >= 11 is 12.0. The Morgan fingerprint density at radius 1 is 1.07 bits per heavy atom. The molecule has 0 unspecified atom stereocenters. The van der Waals surface area contributed by atoms with E-state index < -0.39 is 5.91 Å². The Kier molecular flexibility index (Phi) is 6.43. The number of anilines is 1. The minimum absolute atomic E-state index is 0.0621. The highest BCUT2D eigenvalue weighted by Gasteiger charge is 2.12. The molecule has 1 amide bonds. The number of carbonyl (C=O) groups is 1. The van der Waals surface area contributed by atoms with Crippen molar-refractivity contribution in [1.29, 1.82) is 5.26 Å². The summed E-state index contributed by atoms with van der Waals surface area (Å²) in [6.45, 7) is 4.19. The fourth-order valence-corrected chi connectivity index (χ4v) is 2.97. The second kappa shape index (κ2) is 9.00. The highest BCUT2D eigenvalue weighted by atomic mass is 35.5. The molecule has 3 rings (SSSR count). The fraction of sp³-hybridized carbons (Fsp3) is 0.130. The third-order valence-corrected chi connectivity index (χ3v) is 5.06. The van der Waals surface area contributed by atoms with Gasteiger partial charge in [0.2, 0.25) is 0 Å². The minimum atomic E-state index is -0.503. The smallest absolute Gasteiger partial charge is 0.266 e. The molecule has 0 spiro atoms. The highest BCUT2D eigenvalue weighted by molar-refractivity contribution is 6.42. The molecule has 2 aromatic carbocycles. The Hall–Kier alpha value is -3.00. The number of furan rings is 1. The molecule has 29 heavy (non-hydrogen) atoms. The van der Waals surface area contributed by atoms with Gasteiger partial charge in [-0.05, 0) is 53.9 Å². The Morgan fingerprint density at radius 3 is 2.41 bits per heavy atom. The molecule has 0 radical (unpaired) electrons. The van der Waals surface area contributed by atoms with Crippen molar-refractivity contribution < 1.29 is 9.21 Å². The Labute approximate surface area is 179 Å². The first-order valence-electron chi connectivity index (χ1n) is 8.95. The van der Waals surface area contributed by atoms with Crippen LogP contribution in [-0.4, -0.2) is 5.91 Å². The van der Waals surface area contributed by atoms with Gasteiger partial charge in [0.05, 0.1) is 10.0 Å². The van der Waals surface area contributed by atoms with E-state index in [9.17, 15) is 10.1 Å². The van der Waals surface area contributed by atoms with E-state index in [1.54, 1.807) is 30.3 Å². The molecule has 0 bridgehead atoms. The van der Waals surface area contributed by atoms with Gasteiger partial charge < -0.3 is 9.73 Å². The monoisotopic (exact) mass is 424 g/mol. The first kappa shape index (κ1) is 20.7. The zero-order valence-corrected chi connectivity index (χ0v) is 17.4. The molecular weight excluding hydrogens is 407 g/mol. The number of amides is 1. The predicted molar refractivity (Wildman–Crippen MR) is 117 cm³/mol. The van der Waals surface area contributed by atoms with E-state index in [1.807, 2.05) is 30.3 Å². The zero-order chi connectivity index (χ0) is 21.0. The van der Waals surface area contributed by atoms with Crippen molar-refractivity contribution in [1.82, 2.24) is 0 Å². The number of hydrogen-bond donors (Lipinski definition) is 1. The molecule has 146 valence electrons. The lowest BCUT2D eigenvalue weighted by Crippen LogP contribution is -2.13. The third-order valence-electron chi connectivity index (χ3n) is 4.32. The fourth-order valence-electron chi connectivity index (χ4n) is 2.68. The number of rotatable bonds is 5. The lowest BCUT2D eigenvalue weighted by atomic mass is 10.0. The van der Waals surface area contributed by atoms with Gasteiger partial charge in [0.25, 0.3) is 5.91 Å². The molecule has 0 saturated carbocycles. The Balaban J connectivity index is 1.77. The van der Waals surface area contributed by atoms with Crippen LogP contribution in [-0.2, 0) is 4.79 Å². The molecular formula is C23H18Cl2N2O2. The number of halogens is 2. The topological polar surface area (TPSA) is 66.0 Å². The first-order chi connectivity index (χ1) is 13.9. The van der Waals surface area contributed by atoms with E-state index in [1.165, 1.54) is 11.6 Å². The maximum absolute atomic E-state index is 12.5. The lowest BCUT2D eigenvalue weighted by Gasteiger charge is -2.08. The van der Waals surface area contributed by atoms with E-state index in [-0.39, 0.29) is 5.57 Å². The molecule has 3 aromatic rings. The van der Waals surface area contributed by atoms with Crippen LogP contribution in [0.15, 0.2) is 64.6 Å². The van der Waals surface area contributed by atoms with Crippen LogP contribution in [0.2, 0.25) is 10.0 Å². The summed E-state index contributed by atoms with van der Waals surface area (Å²) in [6, 6.07) is 18.0. The molecule has 0 aliphatic heterocycles. The number of carbonyl (C=O) groups excluding carboxylic acids is 1. The molecule has 1 N–H and O–H groups in total. The summed E-state index contributed by atoms with van der Waals surface area (Å²) in [7, 11) is 0. The van der Waals surface area contributed by atoms with E-state index in [0.29, 0.717) is 33.2 Å². The van der Waals surface area contributed by atoms with Crippen molar-refractivity contribution in [2.24, 2.45) is 0 Å². The van der Waals surface area contributed by atoms with Crippen LogP contribution < -0.4 is 5.32 Å². The summed E-state index contributed by atoms with van der Waals surface area (Å²) in [5.74, 6) is 0.833. The van der Waals surface area contributed by atoms with Gasteiger partial charge in [0.15, 0.2) is 0 Å². The van der Waals surface area contributed by atoms with Gasteiger partial charge in [-0.3, -0.25) is 4.79 Å². The van der Waals surface area contributed by atoms with Crippen LogP contribution in [0, 0.1) is 11.3 Å². The Bertz CT molecular complexity index is 1110. The van der Waals surface area contributed by atoms with Gasteiger partial charge in [-0.2, -0.15) is 5.26 Å². The summed E-state index contributed by atoms with van der Waals surface area (Å²) in [5, 5.41) is 13.0. The van der Waals surface area contributed by atoms with Crippen LogP contribution in [0.25, 0.3) is 17.4 Å². The van der Waals surface area contributed by atoms with Crippen LogP contribution in [0.3, 0.4) is 0 Å². The molecule has 0 fully saturated rings.